The molecule has 11 aromatic rings. The topological polar surface area (TPSA) is 64.5 Å². The van der Waals surface area contributed by atoms with Gasteiger partial charge in [0.15, 0.2) is 0 Å². The van der Waals surface area contributed by atoms with E-state index in [0.29, 0.717) is 0 Å². The highest BCUT2D eigenvalue weighted by Crippen LogP contribution is 2.32. The lowest BCUT2D eigenvalue weighted by atomic mass is 10.0. The number of nitrogens with zero attached hydrogens (tertiary/aromatic N) is 5. The van der Waals surface area contributed by atoms with Crippen molar-refractivity contribution in [2.45, 2.75) is 0 Å². The van der Waals surface area contributed by atoms with Crippen LogP contribution in [0.4, 0.5) is 0 Å². The highest BCUT2D eigenvalue weighted by Gasteiger charge is 2.11. The van der Waals surface area contributed by atoms with Crippen LogP contribution in [0.2, 0.25) is 0 Å². The Kier molecular flexibility index (Phi) is 7.42. The van der Waals surface area contributed by atoms with E-state index < -0.39 is 0 Å². The van der Waals surface area contributed by atoms with Crippen molar-refractivity contribution < 1.29 is 0 Å². The molecular formula is C51H31N5. The Morgan fingerprint density at radius 1 is 0.214 bits per heavy atom. The zero-order chi connectivity index (χ0) is 37.0. The molecule has 0 N–H and O–H groups in total. The van der Waals surface area contributed by atoms with E-state index >= 15 is 0 Å². The molecule has 0 saturated heterocycles. The third-order valence-electron chi connectivity index (χ3n) is 10.6. The first kappa shape index (κ1) is 31.9. The molecule has 0 saturated carbocycles. The molecule has 260 valence electrons. The quantitative estimate of drug-likeness (QED) is 0.166. The highest BCUT2D eigenvalue weighted by molar-refractivity contribution is 6.04. The summed E-state index contributed by atoms with van der Waals surface area (Å²) < 4.78 is 0. The number of benzene rings is 6. The predicted molar refractivity (Wildman–Crippen MR) is 230 cm³/mol. The average Bonchev–Trinajstić information content (AvgIpc) is 3.28. The van der Waals surface area contributed by atoms with Gasteiger partial charge in [-0.15, -0.1) is 0 Å². The Morgan fingerprint density at radius 3 is 1.14 bits per heavy atom. The molecule has 0 aliphatic rings. The van der Waals surface area contributed by atoms with E-state index in [4.69, 9.17) is 24.9 Å². The summed E-state index contributed by atoms with van der Waals surface area (Å²) in [7, 11) is 0. The fourth-order valence-corrected chi connectivity index (χ4v) is 7.62. The van der Waals surface area contributed by atoms with Crippen LogP contribution >= 0.6 is 0 Å². The van der Waals surface area contributed by atoms with Crippen molar-refractivity contribution in [3.05, 3.63) is 188 Å². The summed E-state index contributed by atoms with van der Waals surface area (Å²) in [6.07, 6.45) is 0. The van der Waals surface area contributed by atoms with Crippen molar-refractivity contribution >= 4 is 54.5 Å². The van der Waals surface area contributed by atoms with Crippen LogP contribution in [0.3, 0.4) is 0 Å². The van der Waals surface area contributed by atoms with Gasteiger partial charge in [0.05, 0.1) is 56.1 Å². The van der Waals surface area contributed by atoms with Crippen LogP contribution < -0.4 is 0 Å². The second-order valence-electron chi connectivity index (χ2n) is 14.1. The van der Waals surface area contributed by atoms with Crippen molar-refractivity contribution in [1.82, 2.24) is 24.9 Å². The molecule has 6 aromatic carbocycles. The van der Waals surface area contributed by atoms with Crippen LogP contribution in [0.5, 0.6) is 0 Å². The first-order chi connectivity index (χ1) is 27.7. The van der Waals surface area contributed by atoms with Gasteiger partial charge >= 0.3 is 0 Å². The van der Waals surface area contributed by atoms with E-state index in [0.717, 1.165) is 111 Å². The van der Waals surface area contributed by atoms with E-state index in [1.165, 1.54) is 0 Å². The number of pyridine rings is 5. The van der Waals surface area contributed by atoms with Gasteiger partial charge in [-0.2, -0.15) is 0 Å². The third kappa shape index (κ3) is 5.70. The lowest BCUT2D eigenvalue weighted by Crippen LogP contribution is -1.91. The van der Waals surface area contributed by atoms with Gasteiger partial charge in [0.2, 0.25) is 0 Å². The van der Waals surface area contributed by atoms with Crippen LogP contribution in [-0.2, 0) is 0 Å². The molecule has 5 heteroatoms. The summed E-state index contributed by atoms with van der Waals surface area (Å²) in [4.78, 5) is 25.3. The summed E-state index contributed by atoms with van der Waals surface area (Å²) in [6.45, 7) is 0. The zero-order valence-corrected chi connectivity index (χ0v) is 30.1. The summed E-state index contributed by atoms with van der Waals surface area (Å²) >= 11 is 0. The SMILES string of the molecule is c1ccc(-c2ccc3ccc4ccc(-c5ccc(-c6ccc7ccc(-c8ccc9ccc(-c%10ccc%11ccccc%11n%10)nc9c8)cc7n6)cc5)nc4c3n2)cc1. The van der Waals surface area contributed by atoms with Crippen LogP contribution in [0.25, 0.3) is 111 Å². The van der Waals surface area contributed by atoms with E-state index in [9.17, 15) is 0 Å². The van der Waals surface area contributed by atoms with Crippen LogP contribution in [-0.4, -0.2) is 24.9 Å². The van der Waals surface area contributed by atoms with E-state index in [-0.39, 0.29) is 0 Å². The molecule has 56 heavy (non-hydrogen) atoms. The number of aromatic nitrogens is 5. The van der Waals surface area contributed by atoms with Gasteiger partial charge in [0, 0.05) is 43.6 Å². The monoisotopic (exact) mass is 713 g/mol. The predicted octanol–water partition coefficient (Wildman–Crippen LogP) is 12.8. The largest absolute Gasteiger partial charge is 0.248 e. The van der Waals surface area contributed by atoms with Crippen molar-refractivity contribution in [2.24, 2.45) is 0 Å². The van der Waals surface area contributed by atoms with E-state index in [1.54, 1.807) is 0 Å². The van der Waals surface area contributed by atoms with Crippen molar-refractivity contribution in [3.63, 3.8) is 0 Å². The summed E-state index contributed by atoms with van der Waals surface area (Å²) in [5.74, 6) is 0. The van der Waals surface area contributed by atoms with Crippen LogP contribution in [0.1, 0.15) is 0 Å². The van der Waals surface area contributed by atoms with Gasteiger partial charge in [-0.3, -0.25) is 0 Å². The Balaban J connectivity index is 0.898. The molecule has 0 bridgehead atoms. The Hall–Kier alpha value is -7.63. The Bertz CT molecular complexity index is 3300. The maximum Gasteiger partial charge on any atom is 0.0972 e. The van der Waals surface area contributed by atoms with Gasteiger partial charge < -0.3 is 0 Å². The number of para-hydroxylation sites is 1. The number of hydrogen-bond acceptors (Lipinski definition) is 5. The van der Waals surface area contributed by atoms with Gasteiger partial charge in [-0.1, -0.05) is 140 Å². The molecule has 0 radical (unpaired) electrons. The Labute approximate surface area is 322 Å². The molecular weight excluding hydrogens is 683 g/mol. The standard InChI is InChI=1S/C51H31N5/c1-2-6-32(7-3-1)44-26-23-38-16-17-39-24-27-45(56-51(39)50(38)55-44)35-12-10-34(11-13-35)43-25-20-36-14-18-40(30-48(36)53-43)41-19-15-37-22-29-47(54-49(37)31-41)46-28-21-33-8-4-5-9-42(33)52-46/h1-31H. The van der Waals surface area contributed by atoms with E-state index in [2.05, 4.69) is 140 Å². The maximum atomic E-state index is 5.15. The van der Waals surface area contributed by atoms with Gasteiger partial charge in [0.25, 0.3) is 0 Å². The fourth-order valence-electron chi connectivity index (χ4n) is 7.62. The molecule has 11 rings (SSSR count). The molecule has 0 aliphatic carbocycles. The normalized spacial score (nSPS) is 11.6. The number of hydrogen-bond donors (Lipinski definition) is 0. The van der Waals surface area contributed by atoms with Gasteiger partial charge in [-0.25, -0.2) is 24.9 Å². The molecule has 0 spiro atoms. The molecule has 5 nitrogen and oxygen atoms in total. The summed E-state index contributed by atoms with van der Waals surface area (Å²) in [6, 6.07) is 65.1. The highest BCUT2D eigenvalue weighted by atomic mass is 14.8. The zero-order valence-electron chi connectivity index (χ0n) is 30.1. The summed E-state index contributed by atoms with van der Waals surface area (Å²) in [5, 5.41) is 5.44. The molecule has 0 aliphatic heterocycles. The number of rotatable bonds is 5. The van der Waals surface area contributed by atoms with Crippen LogP contribution in [0.15, 0.2) is 188 Å². The minimum absolute atomic E-state index is 0.857. The molecule has 0 fully saturated rings. The molecule has 0 unspecified atom stereocenters. The van der Waals surface area contributed by atoms with Gasteiger partial charge in [-0.05, 0) is 59.7 Å². The second kappa shape index (κ2) is 13.0. The lowest BCUT2D eigenvalue weighted by Gasteiger charge is -2.10. The van der Waals surface area contributed by atoms with Crippen molar-refractivity contribution in [3.8, 4) is 56.3 Å². The first-order valence-electron chi connectivity index (χ1n) is 18.7. The average molecular weight is 714 g/mol. The molecule has 5 heterocycles. The van der Waals surface area contributed by atoms with Crippen molar-refractivity contribution in [1.29, 1.82) is 0 Å². The molecule has 5 aromatic heterocycles. The second-order valence-corrected chi connectivity index (χ2v) is 14.1. The number of fused-ring (bicyclic) bond motifs is 6. The third-order valence-corrected chi connectivity index (χ3v) is 10.6. The summed E-state index contributed by atoms with van der Waals surface area (Å²) in [5.41, 5.74) is 14.5. The van der Waals surface area contributed by atoms with Gasteiger partial charge in [0.1, 0.15) is 0 Å². The smallest absolute Gasteiger partial charge is 0.0972 e. The fraction of sp³-hybridized carbons (Fsp3) is 0. The van der Waals surface area contributed by atoms with Crippen molar-refractivity contribution in [2.75, 3.05) is 0 Å². The minimum Gasteiger partial charge on any atom is -0.248 e. The Morgan fingerprint density at radius 2 is 0.571 bits per heavy atom. The van der Waals surface area contributed by atoms with Crippen LogP contribution in [0, 0.1) is 0 Å². The molecule has 0 atom stereocenters. The minimum atomic E-state index is 0.857. The lowest BCUT2D eigenvalue weighted by molar-refractivity contribution is 1.32. The first-order valence-corrected chi connectivity index (χ1v) is 18.7. The van der Waals surface area contributed by atoms with E-state index in [1.807, 2.05) is 48.5 Å². The maximum absolute atomic E-state index is 5.15. The molecule has 0 amide bonds.